The largest absolute Gasteiger partial charge is 0.475 e. The summed E-state index contributed by atoms with van der Waals surface area (Å²) in [5.74, 6) is 0.242. The van der Waals surface area contributed by atoms with Crippen molar-refractivity contribution in [2.45, 2.75) is 58.9 Å². The molecule has 0 radical (unpaired) electrons. The summed E-state index contributed by atoms with van der Waals surface area (Å²) < 4.78 is 54.9. The van der Waals surface area contributed by atoms with E-state index in [4.69, 9.17) is 10.5 Å². The SMILES string of the molecule is CC(C)C(F)COc1cc(CNC(N)=O)ccn1.CC12CC(C(F)(F)F)(C1)C2. The lowest BCUT2D eigenvalue weighted by molar-refractivity contribution is -0.358. The van der Waals surface area contributed by atoms with Crippen LogP contribution < -0.4 is 15.8 Å². The lowest BCUT2D eigenvalue weighted by atomic mass is 9.35. The number of aromatic nitrogens is 1. The van der Waals surface area contributed by atoms with Gasteiger partial charge in [-0.05, 0) is 42.2 Å². The molecule has 158 valence electrons. The molecule has 1 aromatic heterocycles. The topological polar surface area (TPSA) is 77.2 Å². The molecule has 1 aromatic rings. The number of nitrogens with zero attached hydrogens (tertiary/aromatic N) is 1. The van der Waals surface area contributed by atoms with Crippen molar-refractivity contribution in [1.82, 2.24) is 10.3 Å². The molecule has 3 N–H and O–H groups in total. The van der Waals surface area contributed by atoms with Gasteiger partial charge in [-0.15, -0.1) is 0 Å². The van der Waals surface area contributed by atoms with Crippen molar-refractivity contribution >= 4 is 6.03 Å². The molecule has 28 heavy (non-hydrogen) atoms. The Morgan fingerprint density at radius 2 is 1.96 bits per heavy atom. The molecule has 1 unspecified atom stereocenters. The summed E-state index contributed by atoms with van der Waals surface area (Å²) in [6.07, 6.45) is -2.28. The predicted molar refractivity (Wildman–Crippen MR) is 96.3 cm³/mol. The number of nitrogens with two attached hydrogens (primary N) is 1. The van der Waals surface area contributed by atoms with Crippen LogP contribution in [0.1, 0.15) is 45.6 Å². The second-order valence-electron chi connectivity index (χ2n) is 8.41. The maximum absolute atomic E-state index is 13.3. The summed E-state index contributed by atoms with van der Waals surface area (Å²) in [5.41, 5.74) is 4.58. The van der Waals surface area contributed by atoms with E-state index in [2.05, 4.69) is 10.3 Å². The van der Waals surface area contributed by atoms with Gasteiger partial charge in [0.25, 0.3) is 0 Å². The van der Waals surface area contributed by atoms with Crippen LogP contribution in [0.4, 0.5) is 22.4 Å². The average molecular weight is 405 g/mol. The third kappa shape index (κ3) is 5.26. The highest BCUT2D eigenvalue weighted by Gasteiger charge is 2.76. The Balaban J connectivity index is 0.000000233. The van der Waals surface area contributed by atoms with Crippen LogP contribution in [0.3, 0.4) is 0 Å². The number of halogens is 4. The number of carbonyl (C=O) groups is 1. The van der Waals surface area contributed by atoms with E-state index < -0.39 is 23.8 Å². The number of hydrogen-bond donors (Lipinski definition) is 2. The fourth-order valence-corrected chi connectivity index (χ4v) is 3.78. The number of carbonyl (C=O) groups excluding carboxylic acids is 1. The lowest BCUT2D eigenvalue weighted by Gasteiger charge is -2.69. The highest BCUT2D eigenvalue weighted by molar-refractivity contribution is 5.71. The summed E-state index contributed by atoms with van der Waals surface area (Å²) >= 11 is 0. The van der Waals surface area contributed by atoms with Gasteiger partial charge in [0.15, 0.2) is 0 Å². The molecule has 0 spiro atoms. The summed E-state index contributed by atoms with van der Waals surface area (Å²) in [5, 5.41) is 2.45. The second kappa shape index (κ2) is 8.13. The minimum absolute atomic E-state index is 0.0304. The Labute approximate surface area is 162 Å². The van der Waals surface area contributed by atoms with Crippen molar-refractivity contribution < 1.29 is 27.1 Å². The van der Waals surface area contributed by atoms with Crippen LogP contribution in [0.15, 0.2) is 18.3 Å². The van der Waals surface area contributed by atoms with Crippen LogP contribution >= 0.6 is 0 Å². The molecule has 3 aliphatic carbocycles. The first kappa shape index (κ1) is 22.2. The summed E-state index contributed by atoms with van der Waals surface area (Å²) in [6.45, 7) is 5.76. The van der Waals surface area contributed by atoms with Gasteiger partial charge in [0.1, 0.15) is 12.8 Å². The number of rotatable bonds is 6. The van der Waals surface area contributed by atoms with E-state index in [0.29, 0.717) is 25.1 Å². The van der Waals surface area contributed by atoms with E-state index in [1.807, 2.05) is 6.92 Å². The molecule has 4 rings (SSSR count). The zero-order valence-electron chi connectivity index (χ0n) is 16.3. The molecule has 2 bridgehead atoms. The molecular weight excluding hydrogens is 378 g/mol. The molecule has 3 fully saturated rings. The highest BCUT2D eigenvalue weighted by atomic mass is 19.4. The quantitative estimate of drug-likeness (QED) is 0.691. The Hall–Kier alpha value is -2.06. The van der Waals surface area contributed by atoms with E-state index in [9.17, 15) is 22.4 Å². The van der Waals surface area contributed by atoms with Crippen LogP contribution in [0.2, 0.25) is 0 Å². The van der Waals surface area contributed by atoms with Gasteiger partial charge in [0, 0.05) is 18.8 Å². The summed E-state index contributed by atoms with van der Waals surface area (Å²) in [4.78, 5) is 14.5. The second-order valence-corrected chi connectivity index (χ2v) is 8.41. The van der Waals surface area contributed by atoms with Crippen molar-refractivity contribution in [2.24, 2.45) is 22.5 Å². The molecule has 0 aromatic carbocycles. The van der Waals surface area contributed by atoms with E-state index >= 15 is 0 Å². The number of nitrogens with one attached hydrogen (secondary N) is 1. The minimum atomic E-state index is -3.93. The molecule has 9 heteroatoms. The number of pyridine rings is 1. The molecule has 3 aliphatic rings. The first-order chi connectivity index (χ1) is 12.9. The van der Waals surface area contributed by atoms with Crippen molar-refractivity contribution in [2.75, 3.05) is 6.61 Å². The van der Waals surface area contributed by atoms with Gasteiger partial charge in [0.2, 0.25) is 5.88 Å². The van der Waals surface area contributed by atoms with Gasteiger partial charge < -0.3 is 15.8 Å². The molecule has 1 heterocycles. The van der Waals surface area contributed by atoms with E-state index in [0.717, 1.165) is 5.56 Å². The van der Waals surface area contributed by atoms with E-state index in [1.54, 1.807) is 26.0 Å². The molecule has 1 atom stereocenters. The van der Waals surface area contributed by atoms with Gasteiger partial charge in [-0.2, -0.15) is 13.2 Å². The first-order valence-electron chi connectivity index (χ1n) is 9.18. The van der Waals surface area contributed by atoms with Crippen LogP contribution in [0, 0.1) is 16.7 Å². The molecule has 5 nitrogen and oxygen atoms in total. The van der Waals surface area contributed by atoms with Crippen LogP contribution in [0.25, 0.3) is 0 Å². The lowest BCUT2D eigenvalue weighted by Crippen LogP contribution is -2.66. The Morgan fingerprint density at radius 3 is 2.39 bits per heavy atom. The number of urea groups is 1. The van der Waals surface area contributed by atoms with Crippen molar-refractivity contribution in [3.05, 3.63) is 23.9 Å². The summed E-state index contributed by atoms with van der Waals surface area (Å²) in [6, 6.07) is 2.76. The smallest absolute Gasteiger partial charge is 0.394 e. The zero-order chi connectivity index (χ0) is 21.2. The highest BCUT2D eigenvalue weighted by Crippen LogP contribution is 2.78. The molecule has 0 aliphatic heterocycles. The van der Waals surface area contributed by atoms with Crippen molar-refractivity contribution in [1.29, 1.82) is 0 Å². The predicted octanol–water partition coefficient (Wildman–Crippen LogP) is 4.36. The van der Waals surface area contributed by atoms with Gasteiger partial charge in [-0.3, -0.25) is 0 Å². The first-order valence-corrected chi connectivity index (χ1v) is 9.18. The van der Waals surface area contributed by atoms with Crippen molar-refractivity contribution in [3.8, 4) is 5.88 Å². The fourth-order valence-electron chi connectivity index (χ4n) is 3.78. The maximum Gasteiger partial charge on any atom is 0.394 e. The number of alkyl halides is 4. The fraction of sp³-hybridized carbons (Fsp3) is 0.684. The van der Waals surface area contributed by atoms with Crippen LogP contribution in [-0.4, -0.2) is 30.0 Å². The molecule has 3 saturated carbocycles. The number of hydrogen-bond acceptors (Lipinski definition) is 3. The monoisotopic (exact) mass is 405 g/mol. The standard InChI is InChI=1S/C12H18FN3O2.C7H9F3/c1-8(2)10(13)7-18-11-5-9(3-4-15-11)6-16-12(14)17;1-5-2-6(3-5,4-5)7(8,9)10/h3-5,8,10H,6-7H2,1-2H3,(H3,14,16,17);2-4H2,1H3. The Morgan fingerprint density at radius 1 is 1.36 bits per heavy atom. The van der Waals surface area contributed by atoms with Crippen molar-refractivity contribution in [3.63, 3.8) is 0 Å². The minimum Gasteiger partial charge on any atom is -0.475 e. The molecule has 2 amide bonds. The third-order valence-electron chi connectivity index (χ3n) is 5.28. The number of ether oxygens (including phenoxy) is 1. The zero-order valence-corrected chi connectivity index (χ0v) is 16.3. The molecule has 0 saturated heterocycles. The van der Waals surface area contributed by atoms with Gasteiger partial charge in [0.05, 0.1) is 5.41 Å². The maximum atomic E-state index is 13.3. The Kier molecular flexibility index (Phi) is 6.45. The van der Waals surface area contributed by atoms with Gasteiger partial charge in [-0.25, -0.2) is 14.2 Å². The van der Waals surface area contributed by atoms with Gasteiger partial charge >= 0.3 is 12.2 Å². The molecular formula is C19H27F4N3O2. The number of amides is 2. The normalized spacial score (nSPS) is 26.3. The van der Waals surface area contributed by atoms with E-state index in [-0.39, 0.29) is 24.5 Å². The van der Waals surface area contributed by atoms with Crippen LogP contribution in [0.5, 0.6) is 5.88 Å². The Bertz CT molecular complexity index is 674. The van der Waals surface area contributed by atoms with E-state index in [1.165, 1.54) is 6.20 Å². The average Bonchev–Trinajstić information content (AvgIpc) is 2.54. The number of primary amides is 1. The summed E-state index contributed by atoms with van der Waals surface area (Å²) in [7, 11) is 0. The van der Waals surface area contributed by atoms with Crippen LogP contribution in [-0.2, 0) is 6.54 Å². The van der Waals surface area contributed by atoms with Gasteiger partial charge in [-0.1, -0.05) is 20.8 Å². The third-order valence-corrected chi connectivity index (χ3v) is 5.28.